The molecule has 1 aromatic carbocycles. The number of anilines is 1. The zero-order chi connectivity index (χ0) is 15.5. The van der Waals surface area contributed by atoms with Crippen LogP contribution in [0.3, 0.4) is 0 Å². The average molecular weight is 340 g/mol. The number of nitrogens with one attached hydrogen (secondary N) is 1. The van der Waals surface area contributed by atoms with Gasteiger partial charge in [-0.25, -0.2) is 13.2 Å². The van der Waals surface area contributed by atoms with E-state index < -0.39 is 21.7 Å². The summed E-state index contributed by atoms with van der Waals surface area (Å²) < 4.78 is 21.9. The van der Waals surface area contributed by atoms with Crippen molar-refractivity contribution in [1.29, 1.82) is 0 Å². The molecule has 0 radical (unpaired) electrons. The van der Waals surface area contributed by atoms with Crippen molar-refractivity contribution in [3.05, 3.63) is 27.7 Å². The van der Waals surface area contributed by atoms with E-state index in [1.165, 1.54) is 12.1 Å². The van der Waals surface area contributed by atoms with Gasteiger partial charge in [0.2, 0.25) is 5.91 Å². The van der Waals surface area contributed by atoms with Gasteiger partial charge >= 0.3 is 5.97 Å². The van der Waals surface area contributed by atoms with Crippen LogP contribution in [0.15, 0.2) is 12.1 Å². The largest absolute Gasteiger partial charge is 0.478 e. The van der Waals surface area contributed by atoms with Crippen molar-refractivity contribution in [2.75, 3.05) is 17.3 Å². The highest BCUT2D eigenvalue weighted by atomic mass is 35.5. The van der Waals surface area contributed by atoms with Gasteiger partial charge < -0.3 is 10.4 Å². The monoisotopic (exact) mass is 339 g/mol. The first-order valence-corrected chi connectivity index (χ1v) is 8.12. The minimum Gasteiger partial charge on any atom is -0.478 e. The third-order valence-corrected chi connectivity index (χ3v) is 3.86. The lowest BCUT2D eigenvalue weighted by Crippen LogP contribution is -2.18. The predicted octanol–water partition coefficient (Wildman–Crippen LogP) is 2.06. The topological polar surface area (TPSA) is 101 Å². The van der Waals surface area contributed by atoms with E-state index in [1.807, 2.05) is 0 Å². The maximum atomic E-state index is 11.6. The first kappa shape index (κ1) is 16.7. The molecule has 0 fully saturated rings. The van der Waals surface area contributed by atoms with E-state index in [9.17, 15) is 18.0 Å². The van der Waals surface area contributed by atoms with Gasteiger partial charge in [0.25, 0.3) is 0 Å². The number of rotatable bonds is 5. The van der Waals surface area contributed by atoms with Crippen LogP contribution >= 0.6 is 23.2 Å². The van der Waals surface area contributed by atoms with Gasteiger partial charge in [0, 0.05) is 12.7 Å². The number of benzene rings is 1. The Morgan fingerprint density at radius 3 is 2.30 bits per heavy atom. The molecule has 2 N–H and O–H groups in total. The third kappa shape index (κ3) is 4.66. The molecule has 0 spiro atoms. The molecule has 110 valence electrons. The van der Waals surface area contributed by atoms with Gasteiger partial charge in [-0.05, 0) is 12.1 Å². The first-order chi connectivity index (χ1) is 9.11. The van der Waals surface area contributed by atoms with Crippen molar-refractivity contribution in [1.82, 2.24) is 0 Å². The maximum Gasteiger partial charge on any atom is 0.339 e. The first-order valence-electron chi connectivity index (χ1n) is 5.30. The minimum absolute atomic E-state index is 0.000458. The number of amides is 1. The third-order valence-electron chi connectivity index (χ3n) is 2.28. The highest BCUT2D eigenvalue weighted by Crippen LogP contribution is 2.32. The van der Waals surface area contributed by atoms with E-state index in [2.05, 4.69) is 5.32 Å². The Kier molecular flexibility index (Phi) is 5.38. The SMILES string of the molecule is CS(=O)(=O)CCC(=O)Nc1c(Cl)ccc(Cl)c1C(=O)O. The van der Waals surface area contributed by atoms with Crippen LogP contribution in [0.25, 0.3) is 0 Å². The van der Waals surface area contributed by atoms with Crippen LogP contribution in [-0.4, -0.2) is 37.4 Å². The van der Waals surface area contributed by atoms with E-state index in [0.717, 1.165) is 6.26 Å². The summed E-state index contributed by atoms with van der Waals surface area (Å²) in [5.74, 6) is -2.36. The van der Waals surface area contributed by atoms with Gasteiger partial charge in [-0.15, -0.1) is 0 Å². The molecule has 20 heavy (non-hydrogen) atoms. The molecule has 1 rings (SSSR count). The number of hydrogen-bond acceptors (Lipinski definition) is 4. The summed E-state index contributed by atoms with van der Waals surface area (Å²) in [4.78, 5) is 22.7. The molecule has 0 bridgehead atoms. The zero-order valence-corrected chi connectivity index (χ0v) is 12.6. The molecular formula is C11H11Cl2NO5S. The van der Waals surface area contributed by atoms with Crippen molar-refractivity contribution >= 4 is 50.6 Å². The summed E-state index contributed by atoms with van der Waals surface area (Å²) in [6.07, 6.45) is 0.691. The number of carboxylic acids is 1. The van der Waals surface area contributed by atoms with Crippen LogP contribution in [0, 0.1) is 0 Å². The number of carboxylic acid groups (broad SMARTS) is 1. The molecule has 0 aliphatic heterocycles. The van der Waals surface area contributed by atoms with Gasteiger partial charge in [-0.2, -0.15) is 0 Å². The van der Waals surface area contributed by atoms with Crippen LogP contribution in [0.5, 0.6) is 0 Å². The molecule has 1 amide bonds. The Bertz CT molecular complexity index is 657. The molecule has 6 nitrogen and oxygen atoms in total. The Morgan fingerprint density at radius 1 is 1.25 bits per heavy atom. The van der Waals surface area contributed by atoms with Gasteiger partial charge in [-0.3, -0.25) is 4.79 Å². The Hall–Kier alpha value is -1.31. The predicted molar refractivity (Wildman–Crippen MR) is 76.4 cm³/mol. The van der Waals surface area contributed by atoms with Crippen LogP contribution in [0.4, 0.5) is 5.69 Å². The average Bonchev–Trinajstić information content (AvgIpc) is 2.30. The van der Waals surface area contributed by atoms with E-state index in [0.29, 0.717) is 0 Å². The molecular weight excluding hydrogens is 329 g/mol. The quantitative estimate of drug-likeness (QED) is 0.855. The van der Waals surface area contributed by atoms with E-state index in [-0.39, 0.29) is 33.5 Å². The lowest BCUT2D eigenvalue weighted by Gasteiger charge is -2.11. The molecule has 0 atom stereocenters. The summed E-state index contributed by atoms with van der Waals surface area (Å²) in [5, 5.41) is 11.2. The summed E-state index contributed by atoms with van der Waals surface area (Å²) in [6.45, 7) is 0. The van der Waals surface area contributed by atoms with Gasteiger partial charge in [0.1, 0.15) is 15.4 Å². The molecule has 0 aliphatic rings. The van der Waals surface area contributed by atoms with Crippen LogP contribution in [0.2, 0.25) is 10.0 Å². The highest BCUT2D eigenvalue weighted by molar-refractivity contribution is 7.90. The molecule has 0 heterocycles. The Morgan fingerprint density at radius 2 is 1.80 bits per heavy atom. The van der Waals surface area contributed by atoms with E-state index in [1.54, 1.807) is 0 Å². The molecule has 0 saturated carbocycles. The lowest BCUT2D eigenvalue weighted by molar-refractivity contribution is -0.115. The van der Waals surface area contributed by atoms with Crippen molar-refractivity contribution < 1.29 is 23.1 Å². The second kappa shape index (κ2) is 6.43. The van der Waals surface area contributed by atoms with Gasteiger partial charge in [-0.1, -0.05) is 23.2 Å². The summed E-state index contributed by atoms with van der Waals surface area (Å²) in [7, 11) is -3.29. The number of aromatic carboxylic acids is 1. The highest BCUT2D eigenvalue weighted by Gasteiger charge is 2.20. The second-order valence-electron chi connectivity index (χ2n) is 4.01. The van der Waals surface area contributed by atoms with E-state index in [4.69, 9.17) is 28.3 Å². The molecule has 0 aliphatic carbocycles. The van der Waals surface area contributed by atoms with E-state index >= 15 is 0 Å². The number of carbonyl (C=O) groups is 2. The summed E-state index contributed by atoms with van der Waals surface area (Å²) in [5.41, 5.74) is -0.489. The molecule has 9 heteroatoms. The van der Waals surface area contributed by atoms with Gasteiger partial charge in [0.15, 0.2) is 0 Å². The van der Waals surface area contributed by atoms with Crippen molar-refractivity contribution in [3.63, 3.8) is 0 Å². The number of halogens is 2. The standard InChI is InChI=1S/C11H11Cl2NO5S/c1-20(18,19)5-4-8(15)14-10-7(13)3-2-6(12)9(10)11(16)17/h2-3H,4-5H2,1H3,(H,14,15)(H,16,17). The van der Waals surface area contributed by atoms with Gasteiger partial charge in [0.05, 0.1) is 21.5 Å². The normalized spacial score (nSPS) is 11.2. The van der Waals surface area contributed by atoms with Crippen molar-refractivity contribution in [3.8, 4) is 0 Å². The molecule has 0 saturated heterocycles. The fourth-order valence-corrected chi connectivity index (χ4v) is 2.36. The molecule has 1 aromatic rings. The number of hydrogen-bond donors (Lipinski definition) is 2. The fourth-order valence-electron chi connectivity index (χ4n) is 1.36. The minimum atomic E-state index is -3.29. The smallest absolute Gasteiger partial charge is 0.339 e. The fraction of sp³-hybridized carbons (Fsp3) is 0.273. The summed E-state index contributed by atoms with van der Waals surface area (Å²) >= 11 is 11.6. The number of sulfone groups is 1. The second-order valence-corrected chi connectivity index (χ2v) is 7.09. The van der Waals surface area contributed by atoms with Crippen molar-refractivity contribution in [2.45, 2.75) is 6.42 Å². The van der Waals surface area contributed by atoms with Crippen LogP contribution in [-0.2, 0) is 14.6 Å². The zero-order valence-electron chi connectivity index (χ0n) is 10.3. The molecule has 0 aromatic heterocycles. The van der Waals surface area contributed by atoms with Crippen molar-refractivity contribution in [2.24, 2.45) is 0 Å². The summed E-state index contributed by atoms with van der Waals surface area (Å²) in [6, 6.07) is 2.63. The Labute approximate surface area is 125 Å². The molecule has 0 unspecified atom stereocenters. The Balaban J connectivity index is 3.00. The number of carbonyl (C=O) groups excluding carboxylic acids is 1. The maximum absolute atomic E-state index is 11.6. The van der Waals surface area contributed by atoms with Crippen LogP contribution < -0.4 is 5.32 Å². The lowest BCUT2D eigenvalue weighted by atomic mass is 10.1. The van der Waals surface area contributed by atoms with Crippen LogP contribution in [0.1, 0.15) is 16.8 Å².